The smallest absolute Gasteiger partial charge is 0.0647 e. The predicted molar refractivity (Wildman–Crippen MR) is 54.3 cm³/mol. The van der Waals surface area contributed by atoms with Crippen LogP contribution in [0.3, 0.4) is 0 Å². The summed E-state index contributed by atoms with van der Waals surface area (Å²) in [6.45, 7) is 6.92. The third-order valence-corrected chi connectivity index (χ3v) is 3.77. The maximum Gasteiger partial charge on any atom is 0.0647 e. The van der Waals surface area contributed by atoms with Gasteiger partial charge in [-0.15, -0.1) is 0 Å². The number of hydrogen-bond donors (Lipinski definition) is 0. The maximum atomic E-state index is 2.36. The van der Waals surface area contributed by atoms with E-state index in [1.165, 1.54) is 5.56 Å². The minimum Gasteiger partial charge on any atom is -0.0682 e. The summed E-state index contributed by atoms with van der Waals surface area (Å²) in [5, 5.41) is 1.57. The largest absolute Gasteiger partial charge is 0.0682 e. The maximum absolute atomic E-state index is 2.36. The van der Waals surface area contributed by atoms with E-state index < -0.39 is 8.80 Å². The van der Waals surface area contributed by atoms with Crippen molar-refractivity contribution in [2.24, 2.45) is 0 Å². The second-order valence-corrected chi connectivity index (χ2v) is 6.23. The SMILES string of the molecule is CCc1ccc([SiH](C)C)cc1. The lowest BCUT2D eigenvalue weighted by atomic mass is 10.2. The topological polar surface area (TPSA) is 0 Å². The molecule has 1 rings (SSSR count). The Hall–Kier alpha value is -0.563. The van der Waals surface area contributed by atoms with Crippen molar-refractivity contribution >= 4 is 14.0 Å². The van der Waals surface area contributed by atoms with Crippen LogP contribution in [0.4, 0.5) is 0 Å². The molecule has 0 nitrogen and oxygen atoms in total. The van der Waals surface area contributed by atoms with Gasteiger partial charge in [-0.25, -0.2) is 0 Å². The van der Waals surface area contributed by atoms with E-state index in [0.717, 1.165) is 6.42 Å². The van der Waals surface area contributed by atoms with E-state index in [0.29, 0.717) is 0 Å². The molecule has 0 atom stereocenters. The third kappa shape index (κ3) is 2.19. The van der Waals surface area contributed by atoms with Crippen molar-refractivity contribution < 1.29 is 0 Å². The summed E-state index contributed by atoms with van der Waals surface area (Å²) in [4.78, 5) is 0. The molecule has 0 bridgehead atoms. The molecule has 0 amide bonds. The highest BCUT2D eigenvalue weighted by atomic mass is 28.3. The van der Waals surface area contributed by atoms with E-state index in [4.69, 9.17) is 0 Å². The molecule has 0 saturated carbocycles. The predicted octanol–water partition coefficient (Wildman–Crippen LogP) is 1.94. The van der Waals surface area contributed by atoms with Crippen molar-refractivity contribution in [2.75, 3.05) is 0 Å². The number of benzene rings is 1. The van der Waals surface area contributed by atoms with Gasteiger partial charge < -0.3 is 0 Å². The summed E-state index contributed by atoms with van der Waals surface area (Å²) in [6, 6.07) is 9.08. The van der Waals surface area contributed by atoms with Gasteiger partial charge >= 0.3 is 0 Å². The van der Waals surface area contributed by atoms with E-state index in [1.807, 2.05) is 0 Å². The van der Waals surface area contributed by atoms with E-state index in [9.17, 15) is 0 Å². The minimum absolute atomic E-state index is 0.560. The Morgan fingerprint density at radius 1 is 1.09 bits per heavy atom. The summed E-state index contributed by atoms with van der Waals surface area (Å²) in [5.74, 6) is 0. The van der Waals surface area contributed by atoms with Crippen LogP contribution in [-0.4, -0.2) is 8.80 Å². The fourth-order valence-corrected chi connectivity index (χ4v) is 2.10. The fourth-order valence-electron chi connectivity index (χ4n) is 1.14. The number of rotatable bonds is 2. The molecular weight excluding hydrogens is 148 g/mol. The molecule has 0 aliphatic carbocycles. The van der Waals surface area contributed by atoms with Crippen molar-refractivity contribution in [3.63, 3.8) is 0 Å². The van der Waals surface area contributed by atoms with Crippen molar-refractivity contribution in [1.82, 2.24) is 0 Å². The molecule has 0 heterocycles. The van der Waals surface area contributed by atoms with Crippen LogP contribution in [0.25, 0.3) is 0 Å². The van der Waals surface area contributed by atoms with Gasteiger partial charge in [0.15, 0.2) is 0 Å². The zero-order chi connectivity index (χ0) is 8.27. The average molecular weight is 164 g/mol. The standard InChI is InChI=1S/C10H16Si/c1-4-9-5-7-10(8-6-9)11(2)3/h5-8,11H,4H2,1-3H3. The summed E-state index contributed by atoms with van der Waals surface area (Å²) in [7, 11) is -0.560. The molecule has 0 saturated heterocycles. The van der Waals surface area contributed by atoms with Gasteiger partial charge in [0.1, 0.15) is 0 Å². The number of aryl methyl sites for hydroxylation is 1. The minimum atomic E-state index is -0.560. The molecule has 0 N–H and O–H groups in total. The zero-order valence-electron chi connectivity index (χ0n) is 7.59. The van der Waals surface area contributed by atoms with Crippen LogP contribution in [0.1, 0.15) is 12.5 Å². The Bertz CT molecular complexity index is 211. The van der Waals surface area contributed by atoms with Crippen molar-refractivity contribution in [1.29, 1.82) is 0 Å². The molecule has 0 aliphatic heterocycles. The zero-order valence-corrected chi connectivity index (χ0v) is 8.75. The Labute approximate surface area is 70.9 Å². The highest BCUT2D eigenvalue weighted by molar-refractivity contribution is 6.70. The summed E-state index contributed by atoms with van der Waals surface area (Å²) in [5.41, 5.74) is 1.45. The first-order valence-corrected chi connectivity index (χ1v) is 7.21. The highest BCUT2D eigenvalue weighted by Crippen LogP contribution is 1.97. The normalized spacial score (nSPS) is 10.5. The van der Waals surface area contributed by atoms with Crippen molar-refractivity contribution in [3.05, 3.63) is 29.8 Å². The molecule has 0 spiro atoms. The van der Waals surface area contributed by atoms with Crippen molar-refractivity contribution in [2.45, 2.75) is 26.4 Å². The second-order valence-electron chi connectivity index (χ2n) is 3.25. The molecule has 0 fully saturated rings. The van der Waals surface area contributed by atoms with Crippen LogP contribution in [0.2, 0.25) is 13.1 Å². The summed E-state index contributed by atoms with van der Waals surface area (Å²) >= 11 is 0. The van der Waals surface area contributed by atoms with Crippen LogP contribution in [-0.2, 0) is 6.42 Å². The number of hydrogen-bond acceptors (Lipinski definition) is 0. The van der Waals surface area contributed by atoms with Gasteiger partial charge in [0.25, 0.3) is 0 Å². The lowest BCUT2D eigenvalue weighted by Crippen LogP contribution is -2.21. The van der Waals surface area contributed by atoms with Gasteiger partial charge in [-0.1, -0.05) is 49.5 Å². The molecule has 0 unspecified atom stereocenters. The Morgan fingerprint density at radius 2 is 1.64 bits per heavy atom. The lowest BCUT2D eigenvalue weighted by Gasteiger charge is -2.03. The molecule has 1 aromatic carbocycles. The Balaban J connectivity index is 2.83. The third-order valence-electron chi connectivity index (χ3n) is 2.05. The van der Waals surface area contributed by atoms with Crippen molar-refractivity contribution in [3.8, 4) is 0 Å². The molecule has 60 valence electrons. The van der Waals surface area contributed by atoms with Crippen LogP contribution in [0, 0.1) is 0 Å². The average Bonchev–Trinajstić information content (AvgIpc) is 2.05. The molecular formula is C10H16Si. The van der Waals surface area contributed by atoms with Gasteiger partial charge in [0.2, 0.25) is 0 Å². The van der Waals surface area contributed by atoms with Crippen LogP contribution in [0.5, 0.6) is 0 Å². The van der Waals surface area contributed by atoms with Crippen LogP contribution in [0.15, 0.2) is 24.3 Å². The molecule has 11 heavy (non-hydrogen) atoms. The first-order chi connectivity index (χ1) is 5.24. The van der Waals surface area contributed by atoms with E-state index in [1.54, 1.807) is 5.19 Å². The Morgan fingerprint density at radius 3 is 2.00 bits per heavy atom. The van der Waals surface area contributed by atoms with Gasteiger partial charge in [0.05, 0.1) is 8.80 Å². The highest BCUT2D eigenvalue weighted by Gasteiger charge is 1.98. The van der Waals surface area contributed by atoms with E-state index in [2.05, 4.69) is 44.3 Å². The lowest BCUT2D eigenvalue weighted by molar-refractivity contribution is 1.14. The fraction of sp³-hybridized carbons (Fsp3) is 0.400. The monoisotopic (exact) mass is 164 g/mol. The van der Waals surface area contributed by atoms with Gasteiger partial charge in [0, 0.05) is 0 Å². The van der Waals surface area contributed by atoms with Gasteiger partial charge in [-0.2, -0.15) is 0 Å². The van der Waals surface area contributed by atoms with Gasteiger partial charge in [-0.05, 0) is 12.0 Å². The quantitative estimate of drug-likeness (QED) is 0.586. The molecule has 0 radical (unpaired) electrons. The molecule has 1 aromatic rings. The summed E-state index contributed by atoms with van der Waals surface area (Å²) < 4.78 is 0. The summed E-state index contributed by atoms with van der Waals surface area (Å²) in [6.07, 6.45) is 1.15. The van der Waals surface area contributed by atoms with Crippen LogP contribution < -0.4 is 5.19 Å². The second kappa shape index (κ2) is 3.72. The van der Waals surface area contributed by atoms with Crippen LogP contribution >= 0.6 is 0 Å². The molecule has 0 aliphatic rings. The van der Waals surface area contributed by atoms with Gasteiger partial charge in [-0.3, -0.25) is 0 Å². The first kappa shape index (κ1) is 8.53. The first-order valence-electron chi connectivity index (χ1n) is 4.33. The Kier molecular flexibility index (Phi) is 2.89. The molecule has 0 aromatic heterocycles. The molecule has 1 heteroatoms. The van der Waals surface area contributed by atoms with E-state index in [-0.39, 0.29) is 0 Å². The van der Waals surface area contributed by atoms with E-state index >= 15 is 0 Å².